The number of carbonyl (C=O) groups is 1. The third-order valence-electron chi connectivity index (χ3n) is 6.57. The van der Waals surface area contributed by atoms with Gasteiger partial charge in [-0.05, 0) is 37.1 Å². The second kappa shape index (κ2) is 9.96. The molecule has 0 saturated carbocycles. The van der Waals surface area contributed by atoms with Crippen LogP contribution in [0.1, 0.15) is 19.8 Å². The number of amides is 1. The van der Waals surface area contributed by atoms with E-state index >= 15 is 0 Å². The first-order chi connectivity index (χ1) is 17.4. The van der Waals surface area contributed by atoms with Gasteiger partial charge >= 0.3 is 0 Å². The van der Waals surface area contributed by atoms with Crippen LogP contribution in [0.25, 0.3) is 16.6 Å². The lowest BCUT2D eigenvalue weighted by atomic mass is 9.96. The average Bonchev–Trinajstić information content (AvgIpc) is 3.48. The van der Waals surface area contributed by atoms with Crippen LogP contribution in [0.5, 0.6) is 0 Å². The summed E-state index contributed by atoms with van der Waals surface area (Å²) in [5.74, 6) is -0.0518. The van der Waals surface area contributed by atoms with E-state index in [0.29, 0.717) is 31.2 Å². The number of benzene rings is 1. The first kappa shape index (κ1) is 23.8. The largest absolute Gasteiger partial charge is 0.380 e. The lowest BCUT2D eigenvalue weighted by Gasteiger charge is -2.31. The molecule has 2 aliphatic heterocycles. The van der Waals surface area contributed by atoms with Crippen LogP contribution in [0.15, 0.2) is 64.8 Å². The Morgan fingerprint density at radius 1 is 1.33 bits per heavy atom. The van der Waals surface area contributed by atoms with Crippen LogP contribution >= 0.6 is 0 Å². The van der Waals surface area contributed by atoms with Crippen molar-refractivity contribution >= 4 is 33.9 Å². The van der Waals surface area contributed by atoms with Gasteiger partial charge in [0.1, 0.15) is 5.82 Å². The van der Waals surface area contributed by atoms with Gasteiger partial charge in [0, 0.05) is 49.4 Å². The molecule has 4 heterocycles. The summed E-state index contributed by atoms with van der Waals surface area (Å²) in [4.78, 5) is 17.4. The fourth-order valence-electron chi connectivity index (χ4n) is 4.57. The Labute approximate surface area is 208 Å². The minimum absolute atomic E-state index is 0.0500. The monoisotopic (exact) mass is 489 g/mol. The van der Waals surface area contributed by atoms with Gasteiger partial charge in [-0.15, -0.1) is 0 Å². The van der Waals surface area contributed by atoms with Crippen molar-refractivity contribution in [2.75, 3.05) is 13.2 Å². The first-order valence-corrected chi connectivity index (χ1v) is 12.0. The van der Waals surface area contributed by atoms with Gasteiger partial charge in [0.05, 0.1) is 35.4 Å². The van der Waals surface area contributed by atoms with E-state index in [1.165, 1.54) is 0 Å². The van der Waals surface area contributed by atoms with E-state index in [1.54, 1.807) is 4.68 Å². The predicted molar refractivity (Wildman–Crippen MR) is 139 cm³/mol. The topological polar surface area (TPSA) is 150 Å². The Morgan fingerprint density at radius 2 is 2.19 bits per heavy atom. The van der Waals surface area contributed by atoms with Crippen LogP contribution in [0.2, 0.25) is 0 Å². The van der Waals surface area contributed by atoms with Gasteiger partial charge < -0.3 is 26.1 Å². The van der Waals surface area contributed by atoms with E-state index in [4.69, 9.17) is 21.2 Å². The molecule has 5 rings (SSSR count). The van der Waals surface area contributed by atoms with E-state index in [0.717, 1.165) is 28.7 Å². The summed E-state index contributed by atoms with van der Waals surface area (Å²) in [6.45, 7) is 3.16. The molecule has 1 unspecified atom stereocenters. The number of hydrazone groups is 1. The zero-order valence-electron chi connectivity index (χ0n) is 20.4. The molecule has 36 heavy (non-hydrogen) atoms. The number of hydrogen-bond donors (Lipinski definition) is 4. The summed E-state index contributed by atoms with van der Waals surface area (Å²) in [7, 11) is 1.88. The molecule has 1 amide bonds. The molecule has 0 spiro atoms. The number of hydrogen-bond acceptors (Lipinski definition) is 8. The van der Waals surface area contributed by atoms with Crippen LogP contribution in [0, 0.1) is 5.92 Å². The van der Waals surface area contributed by atoms with E-state index in [9.17, 15) is 4.79 Å². The van der Waals surface area contributed by atoms with Crippen molar-refractivity contribution in [2.24, 2.45) is 34.5 Å². The number of aromatic nitrogens is 3. The molecule has 2 aliphatic rings. The summed E-state index contributed by atoms with van der Waals surface area (Å²) in [5, 5.41) is 13.0. The zero-order valence-corrected chi connectivity index (χ0v) is 20.4. The molecule has 0 radical (unpaired) electrons. The highest BCUT2D eigenvalue weighted by Gasteiger charge is 2.26. The third kappa shape index (κ3) is 4.75. The molecule has 0 aliphatic carbocycles. The molecule has 188 valence electrons. The first-order valence-electron chi connectivity index (χ1n) is 12.0. The Bertz CT molecular complexity index is 1370. The smallest absolute Gasteiger partial charge is 0.271 e. The molecular weight excluding hydrogens is 458 g/mol. The maximum absolute atomic E-state index is 12.5. The van der Waals surface area contributed by atoms with Crippen molar-refractivity contribution in [2.45, 2.75) is 31.8 Å². The fraction of sp³-hybridized carbons (Fsp3) is 0.360. The van der Waals surface area contributed by atoms with Gasteiger partial charge in [0.2, 0.25) is 0 Å². The van der Waals surface area contributed by atoms with Crippen LogP contribution in [0.3, 0.4) is 0 Å². The summed E-state index contributed by atoms with van der Waals surface area (Å²) in [6.07, 6.45) is 9.18. The molecular formula is C25H31N9O2. The van der Waals surface area contributed by atoms with Crippen LogP contribution in [-0.4, -0.2) is 57.0 Å². The molecule has 1 fully saturated rings. The van der Waals surface area contributed by atoms with Gasteiger partial charge in [-0.2, -0.15) is 10.2 Å². The van der Waals surface area contributed by atoms with Crippen molar-refractivity contribution in [1.29, 1.82) is 0 Å². The van der Waals surface area contributed by atoms with E-state index in [2.05, 4.69) is 25.5 Å². The normalized spacial score (nSPS) is 25.4. The minimum Gasteiger partial charge on any atom is -0.380 e. The van der Waals surface area contributed by atoms with Crippen LogP contribution < -0.4 is 22.2 Å². The lowest BCUT2D eigenvalue weighted by molar-refractivity contribution is -0.111. The number of nitrogens with one attached hydrogen (secondary N) is 2. The zero-order chi connectivity index (χ0) is 25.2. The molecule has 6 N–H and O–H groups in total. The lowest BCUT2D eigenvalue weighted by Crippen LogP contribution is -2.52. The SMILES string of the molecule is CC1C/C=C(\N[C@@H]2CCOC[C@@H]2N)NN=C(C(N)=O)C1=Nc1cccc2c1ccn2-c1cnn(C)c1. The molecule has 1 aromatic carbocycles. The summed E-state index contributed by atoms with van der Waals surface area (Å²) in [5.41, 5.74) is 18.2. The van der Waals surface area contributed by atoms with Gasteiger partial charge in [-0.3, -0.25) is 14.9 Å². The summed E-state index contributed by atoms with van der Waals surface area (Å²) >= 11 is 0. The molecule has 3 atom stereocenters. The summed E-state index contributed by atoms with van der Waals surface area (Å²) in [6, 6.07) is 7.83. The number of ether oxygens (including phenoxy) is 1. The Kier molecular flexibility index (Phi) is 6.57. The molecule has 11 nitrogen and oxygen atoms in total. The third-order valence-corrected chi connectivity index (χ3v) is 6.57. The Morgan fingerprint density at radius 3 is 2.94 bits per heavy atom. The minimum atomic E-state index is -0.641. The van der Waals surface area contributed by atoms with Crippen LogP contribution in [-0.2, 0) is 16.6 Å². The van der Waals surface area contributed by atoms with Crippen molar-refractivity contribution in [3.05, 3.63) is 54.8 Å². The number of nitrogens with zero attached hydrogens (tertiary/aromatic N) is 5. The Hall–Kier alpha value is -3.96. The quantitative estimate of drug-likeness (QED) is 0.426. The van der Waals surface area contributed by atoms with Crippen LogP contribution in [0.4, 0.5) is 5.69 Å². The number of allylic oxidation sites excluding steroid dienone is 1. The van der Waals surface area contributed by atoms with E-state index in [1.807, 2.05) is 62.9 Å². The number of fused-ring (bicyclic) bond motifs is 1. The standard InChI is InChI=1S/C25H31N9O2/c1-15-6-7-22(29-20-9-11-36-14-18(20)26)31-32-24(25(27)35)23(15)30-19-4-3-5-21-17(19)8-10-34(21)16-12-28-33(2)13-16/h3-5,7-8,10,12-13,15,18,20,29,31H,6,9,11,14,26H2,1-2H3,(H2,27,35)/b22-7+,30-23?,32-24?/t15?,18-,20+/m0/s1. The highest BCUT2D eigenvalue weighted by molar-refractivity contribution is 6.67. The second-order valence-electron chi connectivity index (χ2n) is 9.23. The number of primary amides is 1. The van der Waals surface area contributed by atoms with Crippen molar-refractivity contribution < 1.29 is 9.53 Å². The van der Waals surface area contributed by atoms with Gasteiger partial charge in [0.15, 0.2) is 5.71 Å². The number of carbonyl (C=O) groups excluding carboxylic acids is 1. The van der Waals surface area contributed by atoms with Gasteiger partial charge in [0.25, 0.3) is 5.91 Å². The number of aryl methyl sites for hydroxylation is 1. The van der Waals surface area contributed by atoms with E-state index in [-0.39, 0.29) is 23.7 Å². The highest BCUT2D eigenvalue weighted by Crippen LogP contribution is 2.30. The van der Waals surface area contributed by atoms with Gasteiger partial charge in [-0.1, -0.05) is 13.0 Å². The molecule has 3 aromatic rings. The summed E-state index contributed by atoms with van der Waals surface area (Å²) < 4.78 is 9.24. The Balaban J connectivity index is 1.47. The van der Waals surface area contributed by atoms with E-state index < -0.39 is 5.91 Å². The van der Waals surface area contributed by atoms with Crippen molar-refractivity contribution in [3.8, 4) is 5.69 Å². The molecule has 11 heteroatoms. The maximum Gasteiger partial charge on any atom is 0.271 e. The van der Waals surface area contributed by atoms with Gasteiger partial charge in [-0.25, -0.2) is 4.99 Å². The molecule has 0 bridgehead atoms. The fourth-order valence-corrected chi connectivity index (χ4v) is 4.57. The maximum atomic E-state index is 12.5. The highest BCUT2D eigenvalue weighted by atomic mass is 16.5. The molecule has 2 aromatic heterocycles. The number of aliphatic imine (C=N–C) groups is 1. The average molecular weight is 490 g/mol. The number of nitrogens with two attached hydrogens (primary N) is 2. The van der Waals surface area contributed by atoms with Crippen molar-refractivity contribution in [3.63, 3.8) is 0 Å². The predicted octanol–water partition coefficient (Wildman–Crippen LogP) is 1.45. The molecule has 1 saturated heterocycles. The van der Waals surface area contributed by atoms with Crippen molar-refractivity contribution in [1.82, 2.24) is 25.1 Å². The number of rotatable bonds is 5. The second-order valence-corrected chi connectivity index (χ2v) is 9.23.